The van der Waals surface area contributed by atoms with E-state index in [2.05, 4.69) is 33.6 Å². The summed E-state index contributed by atoms with van der Waals surface area (Å²) in [5, 5.41) is 9.56. The molecule has 1 fully saturated rings. The Morgan fingerprint density at radius 3 is 2.89 bits per heavy atom. The van der Waals surface area contributed by atoms with Crippen LogP contribution in [0.1, 0.15) is 20.3 Å². The smallest absolute Gasteiger partial charge is 0.134 e. The van der Waals surface area contributed by atoms with Crippen LogP contribution >= 0.6 is 0 Å². The van der Waals surface area contributed by atoms with E-state index in [9.17, 15) is 5.11 Å². The summed E-state index contributed by atoms with van der Waals surface area (Å²) in [4.78, 5) is 12.9. The van der Waals surface area contributed by atoms with Crippen LogP contribution in [-0.2, 0) is 0 Å². The van der Waals surface area contributed by atoms with Gasteiger partial charge in [0.25, 0.3) is 0 Å². The van der Waals surface area contributed by atoms with Crippen LogP contribution in [0.2, 0.25) is 0 Å². The second-order valence-electron chi connectivity index (χ2n) is 5.40. The van der Waals surface area contributed by atoms with Crippen molar-refractivity contribution in [1.82, 2.24) is 9.97 Å². The molecule has 18 heavy (non-hydrogen) atoms. The fourth-order valence-corrected chi connectivity index (χ4v) is 2.31. The zero-order valence-electron chi connectivity index (χ0n) is 11.4. The lowest BCUT2D eigenvalue weighted by Gasteiger charge is -2.22. The number of β-amino-alcohol motifs (C(OH)–C–C–N with tert-alkyl or cyclic N) is 1. The highest BCUT2D eigenvalue weighted by molar-refractivity contribution is 5.50. The normalized spacial score (nSPS) is 19.6. The third-order valence-corrected chi connectivity index (χ3v) is 3.16. The largest absolute Gasteiger partial charge is 0.391 e. The summed E-state index contributed by atoms with van der Waals surface area (Å²) < 4.78 is 0. The Labute approximate surface area is 108 Å². The van der Waals surface area contributed by atoms with E-state index in [-0.39, 0.29) is 6.10 Å². The van der Waals surface area contributed by atoms with Gasteiger partial charge in [0.2, 0.25) is 0 Å². The summed E-state index contributed by atoms with van der Waals surface area (Å²) in [6.45, 7) is 6.89. The van der Waals surface area contributed by atoms with E-state index in [0.29, 0.717) is 12.5 Å². The van der Waals surface area contributed by atoms with Gasteiger partial charge >= 0.3 is 0 Å². The molecule has 1 unspecified atom stereocenters. The van der Waals surface area contributed by atoms with Crippen LogP contribution in [0, 0.1) is 5.92 Å². The van der Waals surface area contributed by atoms with E-state index in [1.807, 2.05) is 13.1 Å². The molecule has 0 saturated carbocycles. The van der Waals surface area contributed by atoms with E-state index in [0.717, 1.165) is 31.1 Å². The van der Waals surface area contributed by atoms with Crippen molar-refractivity contribution in [3.05, 3.63) is 12.4 Å². The SMILES string of the molecule is CC(C)CN(C)c1cc(N2CCC(O)C2)ncn1. The number of hydrogen-bond acceptors (Lipinski definition) is 5. The average Bonchev–Trinajstić information content (AvgIpc) is 2.75. The highest BCUT2D eigenvalue weighted by atomic mass is 16.3. The fourth-order valence-electron chi connectivity index (χ4n) is 2.31. The molecule has 100 valence electrons. The number of nitrogens with zero attached hydrogens (tertiary/aromatic N) is 4. The molecule has 1 aromatic rings. The Kier molecular flexibility index (Phi) is 4.01. The van der Waals surface area contributed by atoms with Gasteiger partial charge in [0.05, 0.1) is 6.10 Å². The quantitative estimate of drug-likeness (QED) is 0.868. The van der Waals surface area contributed by atoms with Crippen LogP contribution in [-0.4, -0.2) is 47.9 Å². The van der Waals surface area contributed by atoms with E-state index >= 15 is 0 Å². The Morgan fingerprint density at radius 1 is 1.50 bits per heavy atom. The summed E-state index contributed by atoms with van der Waals surface area (Å²) in [5.74, 6) is 2.45. The van der Waals surface area contributed by atoms with Crippen molar-refractivity contribution in [2.75, 3.05) is 36.5 Å². The van der Waals surface area contributed by atoms with Gasteiger partial charge in [0, 0.05) is 32.7 Å². The molecule has 1 aromatic heterocycles. The standard InChI is InChI=1S/C13H22N4O/c1-10(2)7-16(3)12-6-13(15-9-14-12)17-5-4-11(18)8-17/h6,9-11,18H,4-5,7-8H2,1-3H3. The number of aliphatic hydroxyl groups is 1. The predicted molar refractivity (Wildman–Crippen MR) is 73.0 cm³/mol. The van der Waals surface area contributed by atoms with Crippen LogP contribution in [0.5, 0.6) is 0 Å². The van der Waals surface area contributed by atoms with Crippen molar-refractivity contribution in [2.45, 2.75) is 26.4 Å². The summed E-state index contributed by atoms with van der Waals surface area (Å²) >= 11 is 0. The molecule has 1 saturated heterocycles. The van der Waals surface area contributed by atoms with Crippen LogP contribution in [0.25, 0.3) is 0 Å². The van der Waals surface area contributed by atoms with Gasteiger partial charge < -0.3 is 14.9 Å². The van der Waals surface area contributed by atoms with E-state index in [1.165, 1.54) is 0 Å². The molecular formula is C13H22N4O. The van der Waals surface area contributed by atoms with Crippen molar-refractivity contribution < 1.29 is 5.11 Å². The van der Waals surface area contributed by atoms with E-state index in [1.54, 1.807) is 6.33 Å². The first-order valence-electron chi connectivity index (χ1n) is 6.52. The lowest BCUT2D eigenvalue weighted by atomic mass is 10.2. The summed E-state index contributed by atoms with van der Waals surface area (Å²) in [7, 11) is 2.05. The van der Waals surface area contributed by atoms with Crippen molar-refractivity contribution in [3.8, 4) is 0 Å². The number of aliphatic hydroxyl groups excluding tert-OH is 1. The minimum atomic E-state index is -0.225. The molecule has 5 heteroatoms. The van der Waals surface area contributed by atoms with Crippen LogP contribution in [0.3, 0.4) is 0 Å². The first-order chi connectivity index (χ1) is 8.56. The van der Waals surface area contributed by atoms with Gasteiger partial charge in [-0.3, -0.25) is 0 Å². The zero-order chi connectivity index (χ0) is 13.1. The Hall–Kier alpha value is -1.36. The van der Waals surface area contributed by atoms with E-state index in [4.69, 9.17) is 0 Å². The second-order valence-corrected chi connectivity index (χ2v) is 5.40. The zero-order valence-corrected chi connectivity index (χ0v) is 11.4. The molecule has 0 spiro atoms. The third-order valence-electron chi connectivity index (χ3n) is 3.16. The maximum absolute atomic E-state index is 9.56. The summed E-state index contributed by atoms with van der Waals surface area (Å²) in [6, 6.07) is 2.00. The van der Waals surface area contributed by atoms with Gasteiger partial charge in [0.15, 0.2) is 0 Å². The predicted octanol–water partition coefficient (Wildman–Crippen LogP) is 1.14. The third kappa shape index (κ3) is 3.10. The molecule has 0 amide bonds. The second kappa shape index (κ2) is 5.52. The molecule has 1 atom stereocenters. The summed E-state index contributed by atoms with van der Waals surface area (Å²) in [6.07, 6.45) is 2.20. The number of rotatable bonds is 4. The minimum Gasteiger partial charge on any atom is -0.391 e. The van der Waals surface area contributed by atoms with Crippen molar-refractivity contribution in [2.24, 2.45) is 5.92 Å². The van der Waals surface area contributed by atoms with Gasteiger partial charge in [-0.05, 0) is 12.3 Å². The molecule has 5 nitrogen and oxygen atoms in total. The van der Waals surface area contributed by atoms with Gasteiger partial charge in [-0.25, -0.2) is 9.97 Å². The molecule has 0 radical (unpaired) electrons. The van der Waals surface area contributed by atoms with E-state index < -0.39 is 0 Å². The average molecular weight is 250 g/mol. The Bertz CT molecular complexity index is 396. The Morgan fingerprint density at radius 2 is 2.28 bits per heavy atom. The van der Waals surface area contributed by atoms with Gasteiger partial charge in [-0.1, -0.05) is 13.8 Å². The Balaban J connectivity index is 2.09. The van der Waals surface area contributed by atoms with Gasteiger partial charge in [-0.2, -0.15) is 0 Å². The lowest BCUT2D eigenvalue weighted by molar-refractivity contribution is 0.198. The van der Waals surface area contributed by atoms with Gasteiger partial charge in [-0.15, -0.1) is 0 Å². The monoisotopic (exact) mass is 250 g/mol. The number of anilines is 2. The molecule has 0 aromatic carbocycles. The highest BCUT2D eigenvalue weighted by Gasteiger charge is 2.21. The first kappa shape index (κ1) is 13.1. The first-order valence-corrected chi connectivity index (χ1v) is 6.52. The number of aromatic nitrogens is 2. The van der Waals surface area contributed by atoms with Gasteiger partial charge in [0.1, 0.15) is 18.0 Å². The van der Waals surface area contributed by atoms with Crippen molar-refractivity contribution >= 4 is 11.6 Å². The molecule has 1 aliphatic rings. The molecular weight excluding hydrogens is 228 g/mol. The number of hydrogen-bond donors (Lipinski definition) is 1. The van der Waals surface area contributed by atoms with Crippen molar-refractivity contribution in [1.29, 1.82) is 0 Å². The van der Waals surface area contributed by atoms with Crippen molar-refractivity contribution in [3.63, 3.8) is 0 Å². The molecule has 1 N–H and O–H groups in total. The molecule has 0 bridgehead atoms. The molecule has 0 aliphatic carbocycles. The lowest BCUT2D eigenvalue weighted by Crippen LogP contribution is -2.25. The van der Waals surface area contributed by atoms with Crippen LogP contribution in [0.4, 0.5) is 11.6 Å². The fraction of sp³-hybridized carbons (Fsp3) is 0.692. The van der Waals surface area contributed by atoms with Crippen LogP contribution in [0.15, 0.2) is 12.4 Å². The molecule has 1 aliphatic heterocycles. The summed E-state index contributed by atoms with van der Waals surface area (Å²) in [5.41, 5.74) is 0. The minimum absolute atomic E-state index is 0.225. The molecule has 2 rings (SSSR count). The van der Waals surface area contributed by atoms with Crippen LogP contribution < -0.4 is 9.80 Å². The maximum atomic E-state index is 9.56. The topological polar surface area (TPSA) is 52.5 Å². The molecule has 2 heterocycles. The maximum Gasteiger partial charge on any atom is 0.134 e. The highest BCUT2D eigenvalue weighted by Crippen LogP contribution is 2.21.